The van der Waals surface area contributed by atoms with E-state index in [1.54, 1.807) is 0 Å². The van der Waals surface area contributed by atoms with E-state index in [2.05, 4.69) is 75.6 Å². The van der Waals surface area contributed by atoms with Crippen LogP contribution in [-0.4, -0.2) is 12.6 Å². The van der Waals surface area contributed by atoms with Crippen LogP contribution in [0.2, 0.25) is 0 Å². The number of fused-ring (bicyclic) bond motifs is 1. The minimum Gasteiger partial charge on any atom is -0.464 e. The van der Waals surface area contributed by atoms with E-state index in [0.717, 1.165) is 24.1 Å². The number of aryl methyl sites for hydroxylation is 1. The number of amides is 2. The highest BCUT2D eigenvalue weighted by atomic mass is 16.3. The van der Waals surface area contributed by atoms with Gasteiger partial charge in [0.15, 0.2) is 0 Å². The molecule has 1 aliphatic carbocycles. The molecule has 0 radical (unpaired) electrons. The topological polar surface area (TPSA) is 54.3 Å². The van der Waals surface area contributed by atoms with Crippen molar-refractivity contribution >= 4 is 22.7 Å². The molecule has 2 N–H and O–H groups in total. The second-order valence-corrected chi connectivity index (χ2v) is 10.1. The first kappa shape index (κ1) is 22.4. The molecule has 1 fully saturated rings. The fourth-order valence-corrected chi connectivity index (χ4v) is 5.25. The summed E-state index contributed by atoms with van der Waals surface area (Å²) in [7, 11) is 0. The number of hydrogen-bond donors (Lipinski definition) is 2. The number of carbonyl (C=O) groups is 1. The molecule has 0 unspecified atom stereocenters. The lowest BCUT2D eigenvalue weighted by Crippen LogP contribution is -2.41. The average Bonchev–Trinajstić information content (AvgIpc) is 3.39. The summed E-state index contributed by atoms with van der Waals surface area (Å²) < 4.78 is 5.90. The van der Waals surface area contributed by atoms with Crippen molar-refractivity contribution in [2.45, 2.75) is 77.6 Å². The number of carbonyl (C=O) groups excluding carboxylic acids is 1. The van der Waals surface area contributed by atoms with Gasteiger partial charge in [-0.3, -0.25) is 0 Å². The maximum Gasteiger partial charge on any atom is 0.319 e. The molecule has 3 aromatic rings. The van der Waals surface area contributed by atoms with E-state index < -0.39 is 0 Å². The van der Waals surface area contributed by atoms with Crippen molar-refractivity contribution in [3.8, 4) is 0 Å². The van der Waals surface area contributed by atoms with Crippen molar-refractivity contribution in [3.63, 3.8) is 0 Å². The van der Waals surface area contributed by atoms with Gasteiger partial charge in [-0.1, -0.05) is 70.4 Å². The van der Waals surface area contributed by atoms with Crippen LogP contribution in [0.25, 0.3) is 11.0 Å². The molecular weight excluding hydrogens is 396 g/mol. The van der Waals surface area contributed by atoms with E-state index in [-0.39, 0.29) is 11.4 Å². The minimum absolute atomic E-state index is 0.0746. The molecule has 1 aliphatic rings. The molecule has 1 aromatic heterocycles. The fourth-order valence-electron chi connectivity index (χ4n) is 5.25. The first-order chi connectivity index (χ1) is 15.3. The van der Waals surface area contributed by atoms with Gasteiger partial charge in [0.25, 0.3) is 0 Å². The third kappa shape index (κ3) is 4.28. The molecule has 1 heterocycles. The summed E-state index contributed by atoms with van der Waals surface area (Å²) in [5.74, 6) is 0.677. The van der Waals surface area contributed by atoms with E-state index >= 15 is 0 Å². The third-order valence-corrected chi connectivity index (χ3v) is 7.06. The molecule has 0 spiro atoms. The monoisotopic (exact) mass is 432 g/mol. The number of anilines is 1. The number of benzene rings is 2. The zero-order chi connectivity index (χ0) is 22.9. The van der Waals surface area contributed by atoms with Crippen LogP contribution < -0.4 is 10.6 Å². The average molecular weight is 433 g/mol. The Balaban J connectivity index is 1.57. The summed E-state index contributed by atoms with van der Waals surface area (Å²) in [5, 5.41) is 7.60. The molecule has 4 nitrogen and oxygen atoms in total. The van der Waals surface area contributed by atoms with Gasteiger partial charge in [-0.25, -0.2) is 4.79 Å². The Labute approximate surface area is 191 Å². The Morgan fingerprint density at radius 1 is 1.03 bits per heavy atom. The van der Waals surface area contributed by atoms with Crippen molar-refractivity contribution in [2.24, 2.45) is 0 Å². The smallest absolute Gasteiger partial charge is 0.319 e. The van der Waals surface area contributed by atoms with Crippen LogP contribution in [0.3, 0.4) is 0 Å². The van der Waals surface area contributed by atoms with Crippen LogP contribution in [0.4, 0.5) is 10.5 Å². The predicted molar refractivity (Wildman–Crippen MR) is 133 cm³/mol. The summed E-state index contributed by atoms with van der Waals surface area (Å²) in [4.78, 5) is 13.1. The quantitative estimate of drug-likeness (QED) is 0.421. The van der Waals surface area contributed by atoms with Crippen molar-refractivity contribution in [3.05, 3.63) is 64.9 Å². The fraction of sp³-hybridized carbons (Fsp3) is 0.464. The van der Waals surface area contributed by atoms with Gasteiger partial charge in [-0.15, -0.1) is 0 Å². The van der Waals surface area contributed by atoms with Crippen LogP contribution in [0.5, 0.6) is 0 Å². The van der Waals surface area contributed by atoms with Gasteiger partial charge in [0, 0.05) is 28.6 Å². The summed E-state index contributed by atoms with van der Waals surface area (Å²) >= 11 is 0. The lowest BCUT2D eigenvalue weighted by molar-refractivity contribution is 0.248. The van der Waals surface area contributed by atoms with Crippen molar-refractivity contribution in [2.75, 3.05) is 11.9 Å². The normalized spacial score (nSPS) is 15.6. The standard InChI is InChI=1S/C28H36N2O2/c1-18(2)21-9-8-10-22(19(3)4)26(21)30-27(31)29-17-28(13-6-7-14-28)24-16-32-25-12-11-20(5)15-23(24)25/h8-12,15-16,18-19H,6-7,13-14,17H2,1-5H3,(H2,29,30,31). The highest BCUT2D eigenvalue weighted by molar-refractivity contribution is 5.91. The third-order valence-electron chi connectivity index (χ3n) is 7.06. The molecular formula is C28H36N2O2. The second kappa shape index (κ2) is 9.01. The Bertz CT molecular complexity index is 1080. The Morgan fingerprint density at radius 2 is 1.69 bits per heavy atom. The zero-order valence-corrected chi connectivity index (χ0v) is 20.0. The van der Waals surface area contributed by atoms with Gasteiger partial charge in [0.2, 0.25) is 0 Å². The van der Waals surface area contributed by atoms with Gasteiger partial charge < -0.3 is 15.1 Å². The van der Waals surface area contributed by atoms with Gasteiger partial charge >= 0.3 is 6.03 Å². The second-order valence-electron chi connectivity index (χ2n) is 10.1. The molecule has 4 heteroatoms. The van der Waals surface area contributed by atoms with E-state index in [1.807, 2.05) is 12.3 Å². The Hall–Kier alpha value is -2.75. The number of para-hydroxylation sites is 1. The molecule has 0 saturated heterocycles. The van der Waals surface area contributed by atoms with E-state index in [0.29, 0.717) is 18.4 Å². The number of furan rings is 1. The molecule has 2 aromatic carbocycles. The number of urea groups is 1. The van der Waals surface area contributed by atoms with E-state index in [4.69, 9.17) is 4.42 Å². The molecule has 32 heavy (non-hydrogen) atoms. The molecule has 4 rings (SSSR count). The Morgan fingerprint density at radius 3 is 2.31 bits per heavy atom. The zero-order valence-electron chi connectivity index (χ0n) is 20.0. The number of hydrogen-bond acceptors (Lipinski definition) is 2. The SMILES string of the molecule is Cc1ccc2occ(C3(CNC(=O)Nc4c(C(C)C)cccc4C(C)C)CCCC3)c2c1. The largest absolute Gasteiger partial charge is 0.464 e. The highest BCUT2D eigenvalue weighted by Crippen LogP contribution is 2.44. The molecule has 2 amide bonds. The van der Waals surface area contributed by atoms with Gasteiger partial charge in [0.1, 0.15) is 5.58 Å². The lowest BCUT2D eigenvalue weighted by atomic mass is 9.78. The first-order valence-electron chi connectivity index (χ1n) is 12.0. The summed E-state index contributed by atoms with van der Waals surface area (Å²) in [6.07, 6.45) is 6.40. The molecule has 0 atom stereocenters. The minimum atomic E-state index is -0.129. The van der Waals surface area contributed by atoms with Crippen molar-refractivity contribution in [1.29, 1.82) is 0 Å². The summed E-state index contributed by atoms with van der Waals surface area (Å²) in [5.41, 5.74) is 6.63. The van der Waals surface area contributed by atoms with Crippen LogP contribution in [0.15, 0.2) is 47.1 Å². The number of rotatable bonds is 6. The Kier molecular flexibility index (Phi) is 6.32. The predicted octanol–water partition coefficient (Wildman–Crippen LogP) is 7.62. The maximum atomic E-state index is 13.1. The number of nitrogens with one attached hydrogen (secondary N) is 2. The van der Waals surface area contributed by atoms with Crippen LogP contribution in [0, 0.1) is 6.92 Å². The van der Waals surface area contributed by atoms with Gasteiger partial charge in [-0.05, 0) is 54.9 Å². The molecule has 1 saturated carbocycles. The van der Waals surface area contributed by atoms with Crippen LogP contribution in [0.1, 0.15) is 87.5 Å². The van der Waals surface area contributed by atoms with Crippen LogP contribution >= 0.6 is 0 Å². The van der Waals surface area contributed by atoms with Gasteiger partial charge in [-0.2, -0.15) is 0 Å². The lowest BCUT2D eigenvalue weighted by Gasteiger charge is -2.29. The van der Waals surface area contributed by atoms with Crippen LogP contribution in [-0.2, 0) is 5.41 Å². The van der Waals surface area contributed by atoms with Gasteiger partial charge in [0.05, 0.1) is 6.26 Å². The maximum absolute atomic E-state index is 13.1. The van der Waals surface area contributed by atoms with Crippen molar-refractivity contribution in [1.82, 2.24) is 5.32 Å². The highest BCUT2D eigenvalue weighted by Gasteiger charge is 2.38. The van der Waals surface area contributed by atoms with E-state index in [9.17, 15) is 4.79 Å². The molecule has 170 valence electrons. The molecule has 0 bridgehead atoms. The first-order valence-corrected chi connectivity index (χ1v) is 12.0. The summed E-state index contributed by atoms with van der Waals surface area (Å²) in [6.45, 7) is 11.4. The summed E-state index contributed by atoms with van der Waals surface area (Å²) in [6, 6.07) is 12.5. The molecule has 0 aliphatic heterocycles. The van der Waals surface area contributed by atoms with E-state index in [1.165, 1.54) is 40.5 Å². The van der Waals surface area contributed by atoms with Crippen molar-refractivity contribution < 1.29 is 9.21 Å².